The Balaban J connectivity index is 0.000000443. The van der Waals surface area contributed by atoms with Crippen LogP contribution < -0.4 is 0 Å². The minimum absolute atomic E-state index is 0. The van der Waals surface area contributed by atoms with Gasteiger partial charge in [0.1, 0.15) is 0 Å². The van der Waals surface area contributed by atoms with Gasteiger partial charge in [0.25, 0.3) is 0 Å². The molecule has 2 aromatic carbocycles. The zero-order valence-electron chi connectivity index (χ0n) is 12.0. The van der Waals surface area contributed by atoms with Crippen molar-refractivity contribution in [2.45, 2.75) is 0 Å². The van der Waals surface area contributed by atoms with E-state index in [-0.39, 0.29) is 51.8 Å². The maximum atomic E-state index is 10.5. The molecule has 0 spiro atoms. The van der Waals surface area contributed by atoms with Crippen molar-refractivity contribution < 1.29 is 39.6 Å². The van der Waals surface area contributed by atoms with Crippen molar-refractivity contribution in [3.63, 3.8) is 0 Å². The predicted molar refractivity (Wildman–Crippen MR) is 87.9 cm³/mol. The molecule has 8 nitrogen and oxygen atoms in total. The van der Waals surface area contributed by atoms with Crippen LogP contribution in [0.25, 0.3) is 0 Å². The first-order valence-corrected chi connectivity index (χ1v) is 6.37. The molecule has 0 saturated carbocycles. The SMILES string of the molecule is O=C(O)c1ccccc1C(=O)O.O=C(O)c1ccccc1C(=O)O.[NaH]. The zero-order chi connectivity index (χ0) is 18.3. The minimum atomic E-state index is -1.23. The summed E-state index contributed by atoms with van der Waals surface area (Å²) >= 11 is 0. The summed E-state index contributed by atoms with van der Waals surface area (Å²) in [4.78, 5) is 41.9. The molecule has 0 unspecified atom stereocenters. The van der Waals surface area contributed by atoms with Crippen LogP contribution in [0.3, 0.4) is 0 Å². The molecular weight excluding hydrogens is 343 g/mol. The Kier molecular flexibility index (Phi) is 9.14. The zero-order valence-corrected chi connectivity index (χ0v) is 12.0. The van der Waals surface area contributed by atoms with E-state index in [1.807, 2.05) is 0 Å². The van der Waals surface area contributed by atoms with Crippen molar-refractivity contribution in [1.29, 1.82) is 0 Å². The van der Waals surface area contributed by atoms with Crippen molar-refractivity contribution in [1.82, 2.24) is 0 Å². The average Bonchev–Trinajstić information content (AvgIpc) is 2.55. The molecular formula is C16H13NaO8. The Morgan fingerprint density at radius 2 is 0.640 bits per heavy atom. The number of carboxylic acid groups (broad SMARTS) is 4. The molecule has 0 aliphatic rings. The molecule has 0 saturated heterocycles. The molecule has 0 aliphatic carbocycles. The Bertz CT molecular complexity index is 667. The van der Waals surface area contributed by atoms with Crippen LogP contribution in [0, 0.1) is 0 Å². The molecule has 0 bridgehead atoms. The summed E-state index contributed by atoms with van der Waals surface area (Å²) in [5.41, 5.74) is -0.759. The van der Waals surface area contributed by atoms with E-state index < -0.39 is 23.9 Å². The fraction of sp³-hybridized carbons (Fsp3) is 0. The van der Waals surface area contributed by atoms with Crippen LogP contribution in [-0.2, 0) is 0 Å². The number of benzene rings is 2. The van der Waals surface area contributed by atoms with Gasteiger partial charge in [0, 0.05) is 0 Å². The van der Waals surface area contributed by atoms with Gasteiger partial charge in [0.15, 0.2) is 0 Å². The Morgan fingerprint density at radius 1 is 0.480 bits per heavy atom. The summed E-state index contributed by atoms with van der Waals surface area (Å²) in [5, 5.41) is 34.2. The Hall–Kier alpha value is -2.68. The van der Waals surface area contributed by atoms with Crippen molar-refractivity contribution in [3.8, 4) is 0 Å². The first-order valence-electron chi connectivity index (χ1n) is 6.37. The van der Waals surface area contributed by atoms with E-state index >= 15 is 0 Å². The van der Waals surface area contributed by atoms with E-state index in [0.29, 0.717) is 0 Å². The number of carboxylic acids is 4. The fourth-order valence-electron chi connectivity index (χ4n) is 1.71. The third kappa shape index (κ3) is 6.38. The van der Waals surface area contributed by atoms with Crippen LogP contribution >= 0.6 is 0 Å². The van der Waals surface area contributed by atoms with Crippen molar-refractivity contribution >= 4 is 53.4 Å². The summed E-state index contributed by atoms with van der Waals surface area (Å²) < 4.78 is 0. The molecule has 0 atom stereocenters. The van der Waals surface area contributed by atoms with E-state index in [1.165, 1.54) is 48.5 Å². The summed E-state index contributed by atoms with van der Waals surface area (Å²) in [7, 11) is 0. The maximum absolute atomic E-state index is 10.5. The molecule has 0 aliphatic heterocycles. The van der Waals surface area contributed by atoms with Crippen LogP contribution in [0.1, 0.15) is 41.4 Å². The molecule has 0 radical (unpaired) electrons. The molecule has 0 fully saturated rings. The van der Waals surface area contributed by atoms with Gasteiger partial charge in [0.05, 0.1) is 22.3 Å². The van der Waals surface area contributed by atoms with Crippen LogP contribution in [0.2, 0.25) is 0 Å². The van der Waals surface area contributed by atoms with Gasteiger partial charge in [0.2, 0.25) is 0 Å². The van der Waals surface area contributed by atoms with Gasteiger partial charge in [-0.05, 0) is 24.3 Å². The number of aromatic carboxylic acids is 4. The van der Waals surface area contributed by atoms with Gasteiger partial charge in [-0.2, -0.15) is 0 Å². The normalized spacial score (nSPS) is 8.96. The number of hydrogen-bond donors (Lipinski definition) is 4. The van der Waals surface area contributed by atoms with Crippen LogP contribution in [-0.4, -0.2) is 73.9 Å². The van der Waals surface area contributed by atoms with Crippen molar-refractivity contribution in [2.75, 3.05) is 0 Å². The molecule has 0 amide bonds. The first-order chi connectivity index (χ1) is 11.3. The van der Waals surface area contributed by atoms with Crippen LogP contribution in [0.4, 0.5) is 0 Å². The molecule has 2 rings (SSSR count). The van der Waals surface area contributed by atoms with Gasteiger partial charge in [-0.25, -0.2) is 19.2 Å². The van der Waals surface area contributed by atoms with Crippen molar-refractivity contribution in [2.24, 2.45) is 0 Å². The van der Waals surface area contributed by atoms with Gasteiger partial charge in [-0.15, -0.1) is 0 Å². The second-order valence-electron chi connectivity index (χ2n) is 4.31. The Labute approximate surface area is 163 Å². The van der Waals surface area contributed by atoms with Crippen molar-refractivity contribution in [3.05, 3.63) is 70.8 Å². The summed E-state index contributed by atoms with van der Waals surface area (Å²) in [5.74, 6) is -4.91. The standard InChI is InChI=1S/2C8H6O4.Na.H/c2*9-7(10)5-3-1-2-4-6(5)8(11)12;;/h2*1-4H,(H,9,10)(H,11,12);;. The van der Waals surface area contributed by atoms with Gasteiger partial charge >= 0.3 is 53.4 Å². The summed E-state index contributed by atoms with van der Waals surface area (Å²) in [6, 6.07) is 11.0. The quantitative estimate of drug-likeness (QED) is 0.602. The molecule has 0 aromatic heterocycles. The van der Waals surface area contributed by atoms with Crippen LogP contribution in [0.5, 0.6) is 0 Å². The molecule has 2 aromatic rings. The molecule has 25 heavy (non-hydrogen) atoms. The average molecular weight is 356 g/mol. The number of carbonyl (C=O) groups is 4. The topological polar surface area (TPSA) is 149 Å². The van der Waals surface area contributed by atoms with E-state index in [4.69, 9.17) is 20.4 Å². The second-order valence-corrected chi connectivity index (χ2v) is 4.31. The summed E-state index contributed by atoms with van der Waals surface area (Å²) in [6.07, 6.45) is 0. The van der Waals surface area contributed by atoms with Gasteiger partial charge in [-0.1, -0.05) is 24.3 Å². The van der Waals surface area contributed by atoms with Gasteiger partial charge < -0.3 is 20.4 Å². The molecule has 4 N–H and O–H groups in total. The van der Waals surface area contributed by atoms with E-state index in [2.05, 4.69) is 0 Å². The predicted octanol–water partition coefficient (Wildman–Crippen LogP) is 1.52. The second kappa shape index (κ2) is 10.2. The molecule has 126 valence electrons. The van der Waals surface area contributed by atoms with Gasteiger partial charge in [-0.3, -0.25) is 0 Å². The monoisotopic (exact) mass is 356 g/mol. The third-order valence-electron chi connectivity index (χ3n) is 2.78. The Morgan fingerprint density at radius 3 is 0.760 bits per heavy atom. The van der Waals surface area contributed by atoms with Crippen LogP contribution in [0.15, 0.2) is 48.5 Å². The molecule has 9 heteroatoms. The van der Waals surface area contributed by atoms with E-state index in [0.717, 1.165) is 0 Å². The summed E-state index contributed by atoms with van der Waals surface area (Å²) in [6.45, 7) is 0. The molecule has 0 heterocycles. The number of hydrogen-bond acceptors (Lipinski definition) is 4. The fourth-order valence-corrected chi connectivity index (χ4v) is 1.71. The number of rotatable bonds is 4. The van der Waals surface area contributed by atoms with E-state index in [1.54, 1.807) is 0 Å². The van der Waals surface area contributed by atoms with E-state index in [9.17, 15) is 19.2 Å². The first kappa shape index (κ1) is 22.3. The third-order valence-corrected chi connectivity index (χ3v) is 2.78.